The van der Waals surface area contributed by atoms with Crippen LogP contribution in [0.25, 0.3) is 17.4 Å². The van der Waals surface area contributed by atoms with Crippen molar-refractivity contribution in [2.24, 2.45) is 4.99 Å². The summed E-state index contributed by atoms with van der Waals surface area (Å²) in [5.41, 5.74) is 1.71. The minimum atomic E-state index is -0.916. The third-order valence-electron chi connectivity index (χ3n) is 7.19. The van der Waals surface area contributed by atoms with Crippen molar-refractivity contribution in [1.29, 1.82) is 0 Å². The number of thiazole rings is 1. The summed E-state index contributed by atoms with van der Waals surface area (Å²) in [5, 5.41) is 11.4. The fraction of sp³-hybridized carbons (Fsp3) is 0.258. The summed E-state index contributed by atoms with van der Waals surface area (Å²) in [5.74, 6) is 1.23. The van der Waals surface area contributed by atoms with Gasteiger partial charge in [0, 0.05) is 23.3 Å². The molecule has 0 bridgehead atoms. The van der Waals surface area contributed by atoms with Crippen molar-refractivity contribution < 1.29 is 33.1 Å². The molecule has 44 heavy (non-hydrogen) atoms. The number of hydrogen-bond acceptors (Lipinski definition) is 11. The fourth-order valence-corrected chi connectivity index (χ4v) is 6.19. The predicted octanol–water partition coefficient (Wildman–Crippen LogP) is 4.30. The van der Waals surface area contributed by atoms with Crippen LogP contribution in [0.5, 0.6) is 17.2 Å². The zero-order valence-electron chi connectivity index (χ0n) is 24.8. The van der Waals surface area contributed by atoms with Crippen molar-refractivity contribution in [2.45, 2.75) is 26.8 Å². The molecule has 0 fully saturated rings. The summed E-state index contributed by atoms with van der Waals surface area (Å²) in [4.78, 5) is 43.2. The average molecular weight is 620 g/mol. The highest BCUT2D eigenvalue weighted by molar-refractivity contribution is 7.07. The van der Waals surface area contributed by atoms with Gasteiger partial charge in [-0.15, -0.1) is 0 Å². The predicted molar refractivity (Wildman–Crippen MR) is 162 cm³/mol. The monoisotopic (exact) mass is 619 g/mol. The van der Waals surface area contributed by atoms with Gasteiger partial charge in [-0.25, -0.2) is 9.79 Å². The summed E-state index contributed by atoms with van der Waals surface area (Å²) in [7, 11) is 4.44. The first kappa shape index (κ1) is 30.3. The standard InChI is InChI=1S/C31H29N3O9S/c1-7-42-30(36)26-17(3)32-31-33(27(26)18-13-23(39-4)28(41-6)24(14-18)40-5)29(35)25(44-31)15-19-11-12-22(43-19)20-9-8-10-21(16(20)2)34(37)38/h8-15,27H,7H2,1-6H3/b25-15-/t27-/m1/s1. The number of hydrogen-bond donors (Lipinski definition) is 0. The van der Waals surface area contributed by atoms with Gasteiger partial charge >= 0.3 is 5.97 Å². The second kappa shape index (κ2) is 12.2. The molecule has 12 nitrogen and oxygen atoms in total. The largest absolute Gasteiger partial charge is 0.493 e. The van der Waals surface area contributed by atoms with E-state index in [1.54, 1.807) is 63.2 Å². The first-order valence-corrected chi connectivity index (χ1v) is 14.3. The number of nitro groups is 1. The molecule has 1 aliphatic rings. The third kappa shape index (κ3) is 5.26. The molecule has 1 aliphatic heterocycles. The highest BCUT2D eigenvalue weighted by atomic mass is 32.1. The molecule has 0 N–H and O–H groups in total. The van der Waals surface area contributed by atoms with Gasteiger partial charge in [0.05, 0.1) is 54.7 Å². The van der Waals surface area contributed by atoms with E-state index in [1.165, 1.54) is 32.0 Å². The van der Waals surface area contributed by atoms with Crippen molar-refractivity contribution in [3.05, 3.63) is 100 Å². The lowest BCUT2D eigenvalue weighted by molar-refractivity contribution is -0.385. The maximum atomic E-state index is 14.0. The van der Waals surface area contributed by atoms with Crippen LogP contribution in [0.15, 0.2) is 67.9 Å². The molecule has 0 amide bonds. The van der Waals surface area contributed by atoms with Crippen molar-refractivity contribution in [2.75, 3.05) is 27.9 Å². The zero-order chi connectivity index (χ0) is 31.7. The van der Waals surface area contributed by atoms with Gasteiger partial charge in [0.15, 0.2) is 16.3 Å². The number of benzene rings is 2. The molecule has 2 aromatic heterocycles. The lowest BCUT2D eigenvalue weighted by Gasteiger charge is -2.26. The first-order valence-electron chi connectivity index (χ1n) is 13.5. The minimum absolute atomic E-state index is 0.0201. The Balaban J connectivity index is 1.68. The van der Waals surface area contributed by atoms with Crippen LogP contribution >= 0.6 is 11.3 Å². The van der Waals surface area contributed by atoms with Gasteiger partial charge in [-0.1, -0.05) is 23.5 Å². The van der Waals surface area contributed by atoms with Crippen LogP contribution in [0.1, 0.15) is 36.8 Å². The van der Waals surface area contributed by atoms with Gasteiger partial charge in [-0.3, -0.25) is 19.5 Å². The lowest BCUT2D eigenvalue weighted by atomic mass is 9.95. The number of carbonyl (C=O) groups excluding carboxylic acids is 1. The number of rotatable bonds is 9. The van der Waals surface area contributed by atoms with E-state index in [2.05, 4.69) is 4.99 Å². The number of aromatic nitrogens is 1. The fourth-order valence-electron chi connectivity index (χ4n) is 5.16. The van der Waals surface area contributed by atoms with Crippen LogP contribution in [-0.2, 0) is 9.53 Å². The summed E-state index contributed by atoms with van der Waals surface area (Å²) in [6.07, 6.45) is 1.58. The number of methoxy groups -OCH3 is 3. The van der Waals surface area contributed by atoms with Gasteiger partial charge in [-0.05, 0) is 50.6 Å². The van der Waals surface area contributed by atoms with Gasteiger partial charge in [0.2, 0.25) is 5.75 Å². The van der Waals surface area contributed by atoms with E-state index in [0.717, 1.165) is 11.3 Å². The zero-order valence-corrected chi connectivity index (χ0v) is 25.6. The Bertz CT molecular complexity index is 1980. The Morgan fingerprint density at radius 3 is 2.43 bits per heavy atom. The molecule has 0 radical (unpaired) electrons. The molecular formula is C31H29N3O9S. The van der Waals surface area contributed by atoms with Crippen molar-refractivity contribution >= 4 is 29.1 Å². The SMILES string of the molecule is CCOC(=O)C1=C(C)N=c2s/c(=C\c3ccc(-c4cccc([N+](=O)[O-])c4C)o3)c(=O)n2[C@@H]1c1cc(OC)c(OC)c(OC)c1. The molecule has 1 atom stereocenters. The summed E-state index contributed by atoms with van der Waals surface area (Å²) in [6, 6.07) is 10.6. The van der Waals surface area contributed by atoms with Crippen LogP contribution in [-0.4, -0.2) is 43.4 Å². The molecule has 0 saturated heterocycles. The van der Waals surface area contributed by atoms with Crippen molar-refractivity contribution in [1.82, 2.24) is 4.57 Å². The van der Waals surface area contributed by atoms with Crippen LogP contribution < -0.4 is 29.1 Å². The highest BCUT2D eigenvalue weighted by Crippen LogP contribution is 2.42. The van der Waals surface area contributed by atoms with E-state index in [0.29, 0.717) is 60.5 Å². The number of allylic oxidation sites excluding steroid dienone is 1. The van der Waals surface area contributed by atoms with Crippen molar-refractivity contribution in [3.8, 4) is 28.6 Å². The molecule has 4 aromatic rings. The molecule has 3 heterocycles. The number of ether oxygens (including phenoxy) is 4. The summed E-state index contributed by atoms with van der Waals surface area (Å²) < 4.78 is 29.7. The minimum Gasteiger partial charge on any atom is -0.493 e. The van der Waals surface area contributed by atoms with Gasteiger partial charge in [0.25, 0.3) is 11.2 Å². The highest BCUT2D eigenvalue weighted by Gasteiger charge is 2.35. The molecule has 2 aromatic carbocycles. The van der Waals surface area contributed by atoms with Gasteiger partial charge in [-0.2, -0.15) is 0 Å². The lowest BCUT2D eigenvalue weighted by Crippen LogP contribution is -2.40. The molecule has 13 heteroatoms. The van der Waals surface area contributed by atoms with Gasteiger partial charge < -0.3 is 23.4 Å². The van der Waals surface area contributed by atoms with Crippen LogP contribution in [0.3, 0.4) is 0 Å². The molecule has 5 rings (SSSR count). The van der Waals surface area contributed by atoms with E-state index in [4.69, 9.17) is 23.4 Å². The summed E-state index contributed by atoms with van der Waals surface area (Å²) >= 11 is 1.13. The number of esters is 1. The third-order valence-corrected chi connectivity index (χ3v) is 8.17. The van der Waals surface area contributed by atoms with Crippen LogP contribution in [0.4, 0.5) is 5.69 Å². The Morgan fingerprint density at radius 2 is 1.82 bits per heavy atom. The molecular weight excluding hydrogens is 590 g/mol. The Morgan fingerprint density at radius 1 is 1.11 bits per heavy atom. The Kier molecular flexibility index (Phi) is 8.41. The molecule has 0 saturated carbocycles. The van der Waals surface area contributed by atoms with Gasteiger partial charge in [0.1, 0.15) is 11.5 Å². The smallest absolute Gasteiger partial charge is 0.338 e. The normalized spacial score (nSPS) is 14.6. The number of nitrogens with zero attached hydrogens (tertiary/aromatic N) is 3. The molecule has 0 aliphatic carbocycles. The van der Waals surface area contributed by atoms with Crippen molar-refractivity contribution in [3.63, 3.8) is 0 Å². The summed E-state index contributed by atoms with van der Waals surface area (Å²) in [6.45, 7) is 5.17. The molecule has 0 unspecified atom stereocenters. The van der Waals surface area contributed by atoms with E-state index in [9.17, 15) is 19.7 Å². The number of fused-ring (bicyclic) bond motifs is 1. The maximum absolute atomic E-state index is 14.0. The van der Waals surface area contributed by atoms with E-state index >= 15 is 0 Å². The quantitative estimate of drug-likeness (QED) is 0.152. The molecule has 228 valence electrons. The Hall–Kier alpha value is -5.17. The van der Waals surface area contributed by atoms with E-state index < -0.39 is 22.5 Å². The van der Waals surface area contributed by atoms with E-state index in [1.807, 2.05) is 0 Å². The number of furan rings is 1. The molecule has 0 spiro atoms. The first-order chi connectivity index (χ1) is 21.1. The average Bonchev–Trinajstić information content (AvgIpc) is 3.59. The topological polar surface area (TPSA) is 145 Å². The van der Waals surface area contributed by atoms with Crippen LogP contribution in [0, 0.1) is 17.0 Å². The second-order valence-electron chi connectivity index (χ2n) is 9.67. The van der Waals surface area contributed by atoms with E-state index in [-0.39, 0.29) is 17.9 Å². The van der Waals surface area contributed by atoms with Crippen LogP contribution in [0.2, 0.25) is 0 Å². The second-order valence-corrected chi connectivity index (χ2v) is 10.7. The number of nitro benzene ring substituents is 1. The maximum Gasteiger partial charge on any atom is 0.338 e. The number of carbonyl (C=O) groups is 1. The Labute approximate surface area is 255 Å².